The molecule has 2 aliphatic heterocycles. The maximum Gasteiger partial charge on any atom is 0.328 e. The zero-order chi connectivity index (χ0) is 27.1. The third-order valence-electron chi connectivity index (χ3n) is 6.84. The number of rotatable bonds is 9. The zero-order valence-corrected chi connectivity index (χ0v) is 24.2. The molecule has 2 aromatic heterocycles. The van der Waals surface area contributed by atoms with E-state index in [4.69, 9.17) is 14.5 Å². The van der Waals surface area contributed by atoms with E-state index in [-0.39, 0.29) is 30.3 Å². The number of thioether (sulfide) groups is 1. The number of aromatic nitrogens is 2. The summed E-state index contributed by atoms with van der Waals surface area (Å²) < 4.78 is 10.9. The first-order valence-electron chi connectivity index (χ1n) is 12.8. The maximum atomic E-state index is 13.3. The lowest BCUT2D eigenvalue weighted by molar-refractivity contribution is -0.134. The van der Waals surface area contributed by atoms with Crippen molar-refractivity contribution in [3.63, 3.8) is 0 Å². The number of urea groups is 1. The van der Waals surface area contributed by atoms with Crippen molar-refractivity contribution >= 4 is 47.7 Å². The van der Waals surface area contributed by atoms with Crippen LogP contribution in [0.25, 0.3) is 0 Å². The van der Waals surface area contributed by atoms with Crippen LogP contribution in [-0.4, -0.2) is 72.7 Å². The van der Waals surface area contributed by atoms with Crippen molar-refractivity contribution in [3.05, 3.63) is 40.6 Å². The molecule has 39 heavy (non-hydrogen) atoms. The van der Waals surface area contributed by atoms with Crippen LogP contribution in [0, 0.1) is 17.2 Å². The number of ether oxygens (including phenoxy) is 2. The molecule has 210 valence electrons. The molecule has 0 aromatic carbocycles. The average Bonchev–Trinajstić information content (AvgIpc) is 3.47. The van der Waals surface area contributed by atoms with Crippen molar-refractivity contribution < 1.29 is 19.1 Å². The molecule has 12 heteroatoms. The van der Waals surface area contributed by atoms with E-state index in [0.29, 0.717) is 49.4 Å². The summed E-state index contributed by atoms with van der Waals surface area (Å²) in [7, 11) is 3.32. The van der Waals surface area contributed by atoms with Crippen LogP contribution >= 0.6 is 24.2 Å². The molecule has 0 spiro atoms. The SMILES string of the molecule is COc1nc2c(cc1CN(C)C(=O)C1CCOC1)CCCN2C(=O)Nc1cc(CCCSC)c(C#N)cn1.Cl. The maximum absolute atomic E-state index is 13.3. The van der Waals surface area contributed by atoms with E-state index in [1.54, 1.807) is 34.7 Å². The van der Waals surface area contributed by atoms with Crippen molar-refractivity contribution in [2.24, 2.45) is 5.92 Å². The van der Waals surface area contributed by atoms with Crippen LogP contribution < -0.4 is 15.0 Å². The Morgan fingerprint density at radius 1 is 1.36 bits per heavy atom. The summed E-state index contributed by atoms with van der Waals surface area (Å²) in [6.45, 7) is 1.94. The summed E-state index contributed by atoms with van der Waals surface area (Å²) in [6, 6.07) is 5.61. The number of carbonyl (C=O) groups is 2. The third-order valence-corrected chi connectivity index (χ3v) is 7.54. The van der Waals surface area contributed by atoms with E-state index in [9.17, 15) is 14.9 Å². The number of nitrogens with zero attached hydrogens (tertiary/aromatic N) is 5. The van der Waals surface area contributed by atoms with Gasteiger partial charge in [0, 0.05) is 32.0 Å². The fourth-order valence-corrected chi connectivity index (χ4v) is 5.28. The van der Waals surface area contributed by atoms with Gasteiger partial charge in [-0.25, -0.2) is 9.78 Å². The van der Waals surface area contributed by atoms with E-state index in [1.165, 1.54) is 13.3 Å². The number of halogens is 1. The van der Waals surface area contributed by atoms with Gasteiger partial charge in [0.1, 0.15) is 17.7 Å². The van der Waals surface area contributed by atoms with Gasteiger partial charge < -0.3 is 14.4 Å². The van der Waals surface area contributed by atoms with Crippen LogP contribution in [0.4, 0.5) is 16.4 Å². The number of aryl methyl sites for hydroxylation is 2. The van der Waals surface area contributed by atoms with Crippen LogP contribution in [0.2, 0.25) is 0 Å². The van der Waals surface area contributed by atoms with Gasteiger partial charge in [0.05, 0.1) is 31.7 Å². The van der Waals surface area contributed by atoms with Gasteiger partial charge in [-0.2, -0.15) is 22.0 Å². The van der Waals surface area contributed by atoms with Crippen molar-refractivity contribution in [2.75, 3.05) is 56.1 Å². The second kappa shape index (κ2) is 14.4. The summed E-state index contributed by atoms with van der Waals surface area (Å²) in [6.07, 6.45) is 7.53. The van der Waals surface area contributed by atoms with Crippen LogP contribution in [0.1, 0.15) is 41.5 Å². The molecule has 0 radical (unpaired) electrons. The number of nitriles is 1. The molecular formula is C27H35ClN6O4S. The molecule has 2 aromatic rings. The second-order valence-electron chi connectivity index (χ2n) is 9.51. The van der Waals surface area contributed by atoms with Crippen LogP contribution in [-0.2, 0) is 28.9 Å². The zero-order valence-electron chi connectivity index (χ0n) is 22.6. The van der Waals surface area contributed by atoms with Crippen molar-refractivity contribution in [2.45, 2.75) is 38.6 Å². The van der Waals surface area contributed by atoms with E-state index < -0.39 is 0 Å². The van der Waals surface area contributed by atoms with Gasteiger partial charge in [0.2, 0.25) is 11.8 Å². The summed E-state index contributed by atoms with van der Waals surface area (Å²) in [5, 5.41) is 12.3. The van der Waals surface area contributed by atoms with Gasteiger partial charge in [-0.15, -0.1) is 12.4 Å². The third kappa shape index (κ3) is 7.32. The molecule has 10 nitrogen and oxygen atoms in total. The smallest absolute Gasteiger partial charge is 0.328 e. The Labute approximate surface area is 239 Å². The lowest BCUT2D eigenvalue weighted by Crippen LogP contribution is -2.40. The largest absolute Gasteiger partial charge is 0.481 e. The molecule has 0 aliphatic carbocycles. The normalized spacial score (nSPS) is 16.1. The van der Waals surface area contributed by atoms with E-state index in [0.717, 1.165) is 54.5 Å². The first kappa shape index (κ1) is 30.5. The van der Waals surface area contributed by atoms with Gasteiger partial charge >= 0.3 is 6.03 Å². The molecule has 1 saturated heterocycles. The molecule has 4 rings (SSSR count). The molecule has 0 bridgehead atoms. The number of anilines is 2. The van der Waals surface area contributed by atoms with Gasteiger partial charge in [-0.1, -0.05) is 0 Å². The molecule has 1 atom stereocenters. The van der Waals surface area contributed by atoms with Crippen molar-refractivity contribution in [1.82, 2.24) is 14.9 Å². The topological polar surface area (TPSA) is 121 Å². The molecular weight excluding hydrogens is 540 g/mol. The highest BCUT2D eigenvalue weighted by atomic mass is 35.5. The quantitative estimate of drug-likeness (QED) is 0.445. The van der Waals surface area contributed by atoms with Crippen LogP contribution in [0.5, 0.6) is 5.88 Å². The van der Waals surface area contributed by atoms with Gasteiger partial charge in [-0.05, 0) is 67.4 Å². The Bertz CT molecular complexity index is 1220. The lowest BCUT2D eigenvalue weighted by Gasteiger charge is -2.30. The highest BCUT2D eigenvalue weighted by molar-refractivity contribution is 7.98. The highest BCUT2D eigenvalue weighted by Crippen LogP contribution is 2.32. The number of pyridine rings is 2. The first-order valence-corrected chi connectivity index (χ1v) is 14.2. The van der Waals surface area contributed by atoms with Crippen molar-refractivity contribution in [3.8, 4) is 11.9 Å². The number of nitrogens with one attached hydrogen (secondary N) is 1. The summed E-state index contributed by atoms with van der Waals surface area (Å²) in [4.78, 5) is 38.4. The minimum absolute atomic E-state index is 0. The minimum Gasteiger partial charge on any atom is -0.481 e. The number of methoxy groups -OCH3 is 1. The van der Waals surface area contributed by atoms with Crippen LogP contribution in [0.15, 0.2) is 18.3 Å². The van der Waals surface area contributed by atoms with Crippen molar-refractivity contribution in [1.29, 1.82) is 5.26 Å². The minimum atomic E-state index is -0.339. The molecule has 0 saturated carbocycles. The monoisotopic (exact) mass is 574 g/mol. The number of amides is 3. The van der Waals surface area contributed by atoms with Gasteiger partial charge in [-0.3, -0.25) is 15.0 Å². The molecule has 2 aliphatic rings. The van der Waals surface area contributed by atoms with E-state index in [2.05, 4.69) is 22.6 Å². The Morgan fingerprint density at radius 2 is 2.18 bits per heavy atom. The molecule has 1 fully saturated rings. The van der Waals surface area contributed by atoms with E-state index >= 15 is 0 Å². The van der Waals surface area contributed by atoms with Gasteiger partial charge in [0.15, 0.2) is 0 Å². The van der Waals surface area contributed by atoms with Gasteiger partial charge in [0.25, 0.3) is 0 Å². The fraction of sp³-hybridized carbons (Fsp3) is 0.519. The second-order valence-corrected chi connectivity index (χ2v) is 10.5. The highest BCUT2D eigenvalue weighted by Gasteiger charge is 2.29. The number of hydrogen-bond donors (Lipinski definition) is 1. The summed E-state index contributed by atoms with van der Waals surface area (Å²) >= 11 is 1.76. The Morgan fingerprint density at radius 3 is 2.87 bits per heavy atom. The standard InChI is InChI=1S/C27H34N6O4S.ClH/c1-32(26(34)20-8-10-37-17-20)16-21-12-19-6-4-9-33(24(19)31-25(21)36-2)27(35)30-23-13-18(7-5-11-38-3)22(14-28)15-29-23;/h12-13,15,20H,4-11,16-17H2,1-3H3,(H,29,30,35);1H. The number of carbonyl (C=O) groups excluding carboxylic acids is 2. The number of hydrogen-bond acceptors (Lipinski definition) is 8. The molecule has 1 unspecified atom stereocenters. The molecule has 4 heterocycles. The molecule has 3 amide bonds. The fourth-order valence-electron chi connectivity index (χ4n) is 4.85. The van der Waals surface area contributed by atoms with E-state index in [1.807, 2.05) is 6.07 Å². The first-order chi connectivity index (χ1) is 18.4. The predicted molar refractivity (Wildman–Crippen MR) is 154 cm³/mol. The Kier molecular flexibility index (Phi) is 11.2. The predicted octanol–water partition coefficient (Wildman–Crippen LogP) is 4.05. The van der Waals surface area contributed by atoms with Crippen LogP contribution in [0.3, 0.4) is 0 Å². The Hall–Kier alpha value is -3.07. The molecule has 1 N–H and O–H groups in total. The average molecular weight is 575 g/mol. The summed E-state index contributed by atoms with van der Waals surface area (Å²) in [5.74, 6) is 2.26. The Balaban J connectivity index is 0.00000420. The summed E-state index contributed by atoms with van der Waals surface area (Å²) in [5.41, 5.74) is 3.12. The number of fused-ring (bicyclic) bond motifs is 1. The lowest BCUT2D eigenvalue weighted by atomic mass is 10.0.